The number of aryl methyl sites for hydroxylation is 1. The third-order valence-electron chi connectivity index (χ3n) is 5.59. The molecule has 0 aliphatic heterocycles. The molecule has 5 aromatic rings. The second-order valence-corrected chi connectivity index (χ2v) is 9.20. The van der Waals surface area contributed by atoms with E-state index in [2.05, 4.69) is 20.6 Å². The largest absolute Gasteiger partial charge is 0.338 e. The van der Waals surface area contributed by atoms with Gasteiger partial charge in [0.25, 0.3) is 11.8 Å². The highest BCUT2D eigenvalue weighted by Gasteiger charge is 2.11. The first kappa shape index (κ1) is 23.6. The van der Waals surface area contributed by atoms with E-state index < -0.39 is 0 Å². The Labute approximate surface area is 217 Å². The van der Waals surface area contributed by atoms with E-state index in [1.165, 1.54) is 0 Å². The van der Waals surface area contributed by atoms with Crippen molar-refractivity contribution in [3.05, 3.63) is 112 Å². The molecule has 0 aliphatic carbocycles. The fourth-order valence-corrected chi connectivity index (χ4v) is 4.26. The second kappa shape index (κ2) is 9.85. The minimum absolute atomic E-state index is 0.166. The average Bonchev–Trinajstić information content (AvgIpc) is 3.28. The summed E-state index contributed by atoms with van der Waals surface area (Å²) >= 11 is 12.0. The van der Waals surface area contributed by atoms with E-state index in [0.29, 0.717) is 38.4 Å². The van der Waals surface area contributed by atoms with Crippen LogP contribution in [-0.4, -0.2) is 21.8 Å². The highest BCUT2D eigenvalue weighted by atomic mass is 35.5. The predicted molar refractivity (Wildman–Crippen MR) is 145 cm³/mol. The lowest BCUT2D eigenvalue weighted by Crippen LogP contribution is -2.11. The molecule has 0 saturated carbocycles. The van der Waals surface area contributed by atoms with E-state index in [-0.39, 0.29) is 11.8 Å². The maximum Gasteiger partial charge on any atom is 0.255 e. The van der Waals surface area contributed by atoms with Crippen molar-refractivity contribution in [3.8, 4) is 11.4 Å². The van der Waals surface area contributed by atoms with Gasteiger partial charge in [0.05, 0.1) is 11.0 Å². The Kier molecular flexibility index (Phi) is 6.46. The number of anilines is 2. The summed E-state index contributed by atoms with van der Waals surface area (Å²) in [6, 6.07) is 24.9. The minimum atomic E-state index is -0.318. The van der Waals surface area contributed by atoms with Crippen molar-refractivity contribution >= 4 is 57.4 Å². The number of carbonyl (C=O) groups excluding carboxylic acids is 2. The van der Waals surface area contributed by atoms with Crippen LogP contribution in [0.2, 0.25) is 10.0 Å². The smallest absolute Gasteiger partial charge is 0.255 e. The molecule has 0 aliphatic rings. The lowest BCUT2D eigenvalue weighted by molar-refractivity contribution is 0.101. The molecule has 2 amide bonds. The molecular weight excluding hydrogens is 495 g/mol. The molecule has 1 heterocycles. The molecule has 0 fully saturated rings. The molecule has 1 aromatic heterocycles. The Morgan fingerprint density at radius 1 is 0.722 bits per heavy atom. The van der Waals surface area contributed by atoms with Crippen LogP contribution in [0.25, 0.3) is 22.4 Å². The minimum Gasteiger partial charge on any atom is -0.338 e. The maximum absolute atomic E-state index is 12.6. The standard InChI is InChI=1S/C28H20Cl2N4O2/c1-16-2-4-18(5-3-16)27(35)31-22-8-6-17(7-9-22)26-33-24-11-10-23(15-25(24)34-26)32-28(36)19-12-20(29)14-21(30)13-19/h2-15H,1H3,(H,31,35)(H,32,36)(H,33,34). The number of H-pyrrole nitrogens is 1. The number of carbonyl (C=O) groups is 2. The van der Waals surface area contributed by atoms with Gasteiger partial charge in [0.2, 0.25) is 0 Å². The van der Waals surface area contributed by atoms with Crippen LogP contribution in [0, 0.1) is 6.92 Å². The van der Waals surface area contributed by atoms with E-state index in [4.69, 9.17) is 23.2 Å². The first-order valence-corrected chi connectivity index (χ1v) is 11.9. The quantitative estimate of drug-likeness (QED) is 0.229. The number of imidazole rings is 1. The number of hydrogen-bond acceptors (Lipinski definition) is 3. The fraction of sp³-hybridized carbons (Fsp3) is 0.0357. The first-order valence-electron chi connectivity index (χ1n) is 11.1. The molecule has 0 atom stereocenters. The molecule has 3 N–H and O–H groups in total. The number of rotatable bonds is 5. The Morgan fingerprint density at radius 2 is 1.33 bits per heavy atom. The van der Waals surface area contributed by atoms with E-state index >= 15 is 0 Å². The van der Waals surface area contributed by atoms with Crippen molar-refractivity contribution in [2.45, 2.75) is 6.92 Å². The van der Waals surface area contributed by atoms with Crippen molar-refractivity contribution < 1.29 is 9.59 Å². The Balaban J connectivity index is 1.30. The number of hydrogen-bond donors (Lipinski definition) is 3. The summed E-state index contributed by atoms with van der Waals surface area (Å²) < 4.78 is 0. The second-order valence-electron chi connectivity index (χ2n) is 8.33. The van der Waals surface area contributed by atoms with Crippen molar-refractivity contribution in [3.63, 3.8) is 0 Å². The molecule has 0 saturated heterocycles. The fourth-order valence-electron chi connectivity index (χ4n) is 3.73. The highest BCUT2D eigenvalue weighted by Crippen LogP contribution is 2.25. The zero-order valence-electron chi connectivity index (χ0n) is 19.1. The highest BCUT2D eigenvalue weighted by molar-refractivity contribution is 6.35. The summed E-state index contributed by atoms with van der Waals surface area (Å²) in [7, 11) is 0. The number of halogens is 2. The summed E-state index contributed by atoms with van der Waals surface area (Å²) in [5.41, 5.74) is 5.74. The monoisotopic (exact) mass is 514 g/mol. The lowest BCUT2D eigenvalue weighted by Gasteiger charge is -2.06. The van der Waals surface area contributed by atoms with Crippen LogP contribution in [0.3, 0.4) is 0 Å². The third kappa shape index (κ3) is 5.25. The normalized spacial score (nSPS) is 10.9. The van der Waals surface area contributed by atoms with Crippen LogP contribution in [0.15, 0.2) is 84.9 Å². The zero-order valence-corrected chi connectivity index (χ0v) is 20.6. The maximum atomic E-state index is 12.6. The van der Waals surface area contributed by atoms with Gasteiger partial charge in [-0.3, -0.25) is 9.59 Å². The van der Waals surface area contributed by atoms with Gasteiger partial charge in [-0.25, -0.2) is 4.98 Å². The van der Waals surface area contributed by atoms with Gasteiger partial charge < -0.3 is 15.6 Å². The molecule has 0 radical (unpaired) electrons. The summed E-state index contributed by atoms with van der Waals surface area (Å²) in [6.45, 7) is 1.98. The molecule has 8 heteroatoms. The van der Waals surface area contributed by atoms with E-state index in [0.717, 1.165) is 22.2 Å². The molecular formula is C28H20Cl2N4O2. The van der Waals surface area contributed by atoms with Gasteiger partial charge in [-0.2, -0.15) is 0 Å². The van der Waals surface area contributed by atoms with Crippen molar-refractivity contribution in [2.75, 3.05) is 10.6 Å². The number of amides is 2. The van der Waals surface area contributed by atoms with Crippen LogP contribution in [0.4, 0.5) is 11.4 Å². The Morgan fingerprint density at radius 3 is 2.03 bits per heavy atom. The number of aromatic nitrogens is 2. The summed E-state index contributed by atoms with van der Waals surface area (Å²) in [5, 5.41) is 6.54. The van der Waals surface area contributed by atoms with Gasteiger partial charge in [-0.05, 0) is 79.7 Å². The van der Waals surface area contributed by atoms with Crippen molar-refractivity contribution in [1.82, 2.24) is 9.97 Å². The predicted octanol–water partition coefficient (Wildman–Crippen LogP) is 7.35. The van der Waals surface area contributed by atoms with Crippen LogP contribution < -0.4 is 10.6 Å². The van der Waals surface area contributed by atoms with Gasteiger partial charge >= 0.3 is 0 Å². The average molecular weight is 515 g/mol. The van der Waals surface area contributed by atoms with E-state index in [1.54, 1.807) is 36.4 Å². The number of nitrogens with zero attached hydrogens (tertiary/aromatic N) is 1. The molecule has 0 spiro atoms. The van der Waals surface area contributed by atoms with Crippen LogP contribution in [0.1, 0.15) is 26.3 Å². The lowest BCUT2D eigenvalue weighted by atomic mass is 10.1. The Bertz CT molecular complexity index is 1570. The summed E-state index contributed by atoms with van der Waals surface area (Å²) in [4.78, 5) is 33.0. The van der Waals surface area contributed by atoms with Crippen LogP contribution in [-0.2, 0) is 0 Å². The van der Waals surface area contributed by atoms with Gasteiger partial charge in [-0.1, -0.05) is 40.9 Å². The number of benzene rings is 4. The van der Waals surface area contributed by atoms with Gasteiger partial charge in [-0.15, -0.1) is 0 Å². The van der Waals surface area contributed by atoms with Crippen molar-refractivity contribution in [1.29, 1.82) is 0 Å². The molecule has 36 heavy (non-hydrogen) atoms. The van der Waals surface area contributed by atoms with E-state index in [1.807, 2.05) is 55.5 Å². The molecule has 0 bridgehead atoms. The zero-order chi connectivity index (χ0) is 25.2. The van der Waals surface area contributed by atoms with Crippen LogP contribution >= 0.6 is 23.2 Å². The summed E-state index contributed by atoms with van der Waals surface area (Å²) in [5.74, 6) is 0.189. The molecule has 0 unspecified atom stereocenters. The van der Waals surface area contributed by atoms with E-state index in [9.17, 15) is 9.59 Å². The van der Waals surface area contributed by atoms with Crippen LogP contribution in [0.5, 0.6) is 0 Å². The van der Waals surface area contributed by atoms with Gasteiger partial charge in [0, 0.05) is 38.1 Å². The molecule has 178 valence electrons. The summed E-state index contributed by atoms with van der Waals surface area (Å²) in [6.07, 6.45) is 0. The molecule has 5 rings (SSSR count). The third-order valence-corrected chi connectivity index (χ3v) is 6.03. The number of aromatic amines is 1. The van der Waals surface area contributed by atoms with Crippen molar-refractivity contribution in [2.24, 2.45) is 0 Å². The van der Waals surface area contributed by atoms with Gasteiger partial charge in [0.15, 0.2) is 0 Å². The topological polar surface area (TPSA) is 86.9 Å². The van der Waals surface area contributed by atoms with Gasteiger partial charge in [0.1, 0.15) is 5.82 Å². The SMILES string of the molecule is Cc1ccc(C(=O)Nc2ccc(-c3nc4ccc(NC(=O)c5cc(Cl)cc(Cl)c5)cc4[nH]3)cc2)cc1. The molecule has 4 aromatic carbocycles. The number of nitrogens with one attached hydrogen (secondary N) is 3. The Hall–Kier alpha value is -4.13. The molecule has 6 nitrogen and oxygen atoms in total. The first-order chi connectivity index (χ1) is 17.3. The number of fused-ring (bicyclic) bond motifs is 1.